The van der Waals surface area contributed by atoms with Crippen LogP contribution in [0.2, 0.25) is 10.0 Å². The zero-order valence-electron chi connectivity index (χ0n) is 14.1. The van der Waals surface area contributed by atoms with Gasteiger partial charge < -0.3 is 10.6 Å². The van der Waals surface area contributed by atoms with Gasteiger partial charge in [0.05, 0.1) is 0 Å². The summed E-state index contributed by atoms with van der Waals surface area (Å²) < 4.78 is 13.2. The van der Waals surface area contributed by atoms with E-state index in [-0.39, 0.29) is 10.7 Å². The first-order valence-corrected chi connectivity index (χ1v) is 8.61. The van der Waals surface area contributed by atoms with E-state index in [9.17, 15) is 18.8 Å². The van der Waals surface area contributed by atoms with Crippen molar-refractivity contribution in [2.24, 2.45) is 0 Å². The summed E-state index contributed by atoms with van der Waals surface area (Å²) in [6, 6.07) is 9.09. The van der Waals surface area contributed by atoms with Gasteiger partial charge in [-0.05, 0) is 37.3 Å². The maximum atomic E-state index is 13.2. The molecule has 1 saturated heterocycles. The number of urea groups is 1. The van der Waals surface area contributed by atoms with Crippen molar-refractivity contribution in [3.05, 3.63) is 63.9 Å². The van der Waals surface area contributed by atoms with E-state index in [1.807, 2.05) is 0 Å². The second-order valence-electron chi connectivity index (χ2n) is 6.13. The molecule has 1 aliphatic rings. The number of hydrogen-bond donors (Lipinski definition) is 2. The van der Waals surface area contributed by atoms with Crippen molar-refractivity contribution < 1.29 is 18.8 Å². The van der Waals surface area contributed by atoms with Crippen LogP contribution in [-0.2, 0) is 15.1 Å². The molecular weight excluding hydrogens is 396 g/mol. The monoisotopic (exact) mass is 409 g/mol. The van der Waals surface area contributed by atoms with Gasteiger partial charge >= 0.3 is 6.03 Å². The van der Waals surface area contributed by atoms with Crippen LogP contribution >= 0.6 is 23.2 Å². The highest BCUT2D eigenvalue weighted by Crippen LogP contribution is 2.34. The lowest BCUT2D eigenvalue weighted by molar-refractivity contribution is -0.133. The molecule has 1 heterocycles. The Hall–Kier alpha value is -2.64. The number of amides is 4. The van der Waals surface area contributed by atoms with E-state index in [4.69, 9.17) is 23.2 Å². The molecule has 4 amide bonds. The van der Waals surface area contributed by atoms with E-state index in [0.29, 0.717) is 10.6 Å². The van der Waals surface area contributed by atoms with Crippen molar-refractivity contribution >= 4 is 46.7 Å². The summed E-state index contributed by atoms with van der Waals surface area (Å²) in [4.78, 5) is 38.1. The van der Waals surface area contributed by atoms with Gasteiger partial charge in [0, 0.05) is 21.3 Å². The molecule has 0 saturated carbocycles. The zero-order valence-corrected chi connectivity index (χ0v) is 15.6. The molecule has 27 heavy (non-hydrogen) atoms. The SMILES string of the molecule is CC1(c2ccc(Cl)cc2Cl)NC(=O)N(CC(=O)Nc2cccc(F)c2)C1=O. The molecule has 0 radical (unpaired) electrons. The van der Waals surface area contributed by atoms with E-state index in [0.717, 1.165) is 11.0 Å². The summed E-state index contributed by atoms with van der Waals surface area (Å²) in [5, 5.41) is 5.59. The maximum absolute atomic E-state index is 13.2. The van der Waals surface area contributed by atoms with Crippen LogP contribution in [0.4, 0.5) is 14.9 Å². The summed E-state index contributed by atoms with van der Waals surface area (Å²) >= 11 is 12.0. The minimum Gasteiger partial charge on any atom is -0.324 e. The number of rotatable bonds is 4. The van der Waals surface area contributed by atoms with Crippen molar-refractivity contribution in [2.45, 2.75) is 12.5 Å². The smallest absolute Gasteiger partial charge is 0.324 e. The molecule has 2 N–H and O–H groups in total. The normalized spacial score (nSPS) is 19.2. The van der Waals surface area contributed by atoms with Crippen molar-refractivity contribution in [3.63, 3.8) is 0 Å². The molecule has 6 nitrogen and oxygen atoms in total. The fourth-order valence-corrected chi connectivity index (χ4v) is 3.43. The third-order valence-electron chi connectivity index (χ3n) is 4.15. The predicted octanol–water partition coefficient (Wildman–Crippen LogP) is 3.54. The van der Waals surface area contributed by atoms with Gasteiger partial charge in [0.1, 0.15) is 17.9 Å². The third kappa shape index (κ3) is 3.74. The lowest BCUT2D eigenvalue weighted by atomic mass is 9.92. The summed E-state index contributed by atoms with van der Waals surface area (Å²) in [5.41, 5.74) is -0.853. The summed E-state index contributed by atoms with van der Waals surface area (Å²) in [6.45, 7) is 0.967. The van der Waals surface area contributed by atoms with Crippen molar-refractivity contribution in [1.29, 1.82) is 0 Å². The highest BCUT2D eigenvalue weighted by molar-refractivity contribution is 6.35. The van der Waals surface area contributed by atoms with Gasteiger partial charge in [-0.3, -0.25) is 14.5 Å². The van der Waals surface area contributed by atoms with E-state index in [1.165, 1.54) is 31.2 Å². The Morgan fingerprint density at radius 3 is 2.63 bits per heavy atom. The number of hydrogen-bond acceptors (Lipinski definition) is 3. The molecule has 1 fully saturated rings. The summed E-state index contributed by atoms with van der Waals surface area (Å²) in [5.74, 6) is -1.80. The van der Waals surface area contributed by atoms with E-state index in [2.05, 4.69) is 10.6 Å². The molecule has 1 atom stereocenters. The van der Waals surface area contributed by atoms with Gasteiger partial charge in [0.15, 0.2) is 0 Å². The van der Waals surface area contributed by atoms with Crippen LogP contribution in [0.5, 0.6) is 0 Å². The standard InChI is InChI=1S/C18H14Cl2FN3O3/c1-18(13-6-5-10(19)7-14(13)20)16(26)24(17(27)23-18)9-15(25)22-12-4-2-3-11(21)8-12/h2-8H,9H2,1H3,(H,22,25)(H,23,27). The first kappa shape index (κ1) is 19.1. The molecule has 9 heteroatoms. The Labute approximate surface area is 164 Å². The van der Waals surface area contributed by atoms with Crippen molar-refractivity contribution in [2.75, 3.05) is 11.9 Å². The van der Waals surface area contributed by atoms with Crippen LogP contribution in [-0.4, -0.2) is 29.3 Å². The van der Waals surface area contributed by atoms with Gasteiger partial charge in [-0.15, -0.1) is 0 Å². The van der Waals surface area contributed by atoms with E-state index < -0.39 is 35.7 Å². The van der Waals surface area contributed by atoms with Crippen LogP contribution < -0.4 is 10.6 Å². The Morgan fingerprint density at radius 1 is 1.22 bits per heavy atom. The third-order valence-corrected chi connectivity index (χ3v) is 4.70. The Balaban J connectivity index is 1.78. The number of carbonyl (C=O) groups excluding carboxylic acids is 3. The summed E-state index contributed by atoms with van der Waals surface area (Å²) in [7, 11) is 0. The largest absolute Gasteiger partial charge is 0.325 e. The highest BCUT2D eigenvalue weighted by Gasteiger charge is 2.50. The number of nitrogens with one attached hydrogen (secondary N) is 2. The van der Waals surface area contributed by atoms with Crippen molar-refractivity contribution in [1.82, 2.24) is 10.2 Å². The zero-order chi connectivity index (χ0) is 19.8. The van der Waals surface area contributed by atoms with Gasteiger partial charge in [0.25, 0.3) is 5.91 Å². The minimum absolute atomic E-state index is 0.213. The fraction of sp³-hybridized carbons (Fsp3) is 0.167. The quantitative estimate of drug-likeness (QED) is 0.757. The maximum Gasteiger partial charge on any atom is 0.325 e. The van der Waals surface area contributed by atoms with Crippen LogP contribution in [0, 0.1) is 5.82 Å². The van der Waals surface area contributed by atoms with Crippen LogP contribution in [0.15, 0.2) is 42.5 Å². The predicted molar refractivity (Wildman–Crippen MR) is 99.1 cm³/mol. The van der Waals surface area contributed by atoms with Crippen LogP contribution in [0.25, 0.3) is 0 Å². The second kappa shape index (κ2) is 7.17. The van der Waals surface area contributed by atoms with Gasteiger partial charge in [-0.2, -0.15) is 0 Å². The molecule has 1 aliphatic heterocycles. The van der Waals surface area contributed by atoms with Gasteiger partial charge in [-0.25, -0.2) is 9.18 Å². The Kier molecular flexibility index (Phi) is 5.08. The fourth-order valence-electron chi connectivity index (χ4n) is 2.83. The number of anilines is 1. The lowest BCUT2D eigenvalue weighted by Gasteiger charge is -2.23. The Morgan fingerprint density at radius 2 is 1.96 bits per heavy atom. The topological polar surface area (TPSA) is 78.5 Å². The van der Waals surface area contributed by atoms with Crippen LogP contribution in [0.1, 0.15) is 12.5 Å². The first-order valence-electron chi connectivity index (χ1n) is 7.86. The molecule has 140 valence electrons. The van der Waals surface area contributed by atoms with Crippen LogP contribution in [0.3, 0.4) is 0 Å². The average Bonchev–Trinajstić information content (AvgIpc) is 2.78. The molecule has 0 aromatic heterocycles. The molecule has 3 rings (SSSR count). The highest BCUT2D eigenvalue weighted by atomic mass is 35.5. The number of imide groups is 1. The molecule has 2 aromatic carbocycles. The molecule has 0 spiro atoms. The molecule has 2 aromatic rings. The second-order valence-corrected chi connectivity index (χ2v) is 6.97. The number of halogens is 3. The number of carbonyl (C=O) groups is 3. The van der Waals surface area contributed by atoms with Crippen molar-refractivity contribution in [3.8, 4) is 0 Å². The van der Waals surface area contributed by atoms with Gasteiger partial charge in [-0.1, -0.05) is 35.3 Å². The van der Waals surface area contributed by atoms with Gasteiger partial charge in [0.2, 0.25) is 5.91 Å². The average molecular weight is 410 g/mol. The minimum atomic E-state index is -1.43. The molecular formula is C18H14Cl2FN3O3. The summed E-state index contributed by atoms with van der Waals surface area (Å²) in [6.07, 6.45) is 0. The molecule has 1 unspecified atom stereocenters. The first-order chi connectivity index (χ1) is 12.7. The molecule has 0 bridgehead atoms. The molecule has 0 aliphatic carbocycles. The lowest BCUT2D eigenvalue weighted by Crippen LogP contribution is -2.42. The Bertz CT molecular complexity index is 953. The number of nitrogens with zero attached hydrogens (tertiary/aromatic N) is 1. The number of benzene rings is 2. The van der Waals surface area contributed by atoms with E-state index in [1.54, 1.807) is 12.1 Å². The van der Waals surface area contributed by atoms with E-state index >= 15 is 0 Å².